The van der Waals surface area contributed by atoms with E-state index in [1.165, 1.54) is 0 Å². The van der Waals surface area contributed by atoms with E-state index >= 15 is 0 Å². The summed E-state index contributed by atoms with van der Waals surface area (Å²) in [7, 11) is -3.22. The molecule has 7 heteroatoms. The molecular weight excluding hydrogens is 290 g/mol. The second-order valence-corrected chi connectivity index (χ2v) is 7.30. The van der Waals surface area contributed by atoms with E-state index in [0.29, 0.717) is 17.8 Å². The molecule has 4 N–H and O–H groups in total. The Morgan fingerprint density at radius 2 is 2.14 bits per heavy atom. The van der Waals surface area contributed by atoms with Crippen LogP contribution < -0.4 is 15.8 Å². The summed E-state index contributed by atoms with van der Waals surface area (Å²) in [5, 5.41) is 2.85. The highest BCUT2D eigenvalue weighted by Crippen LogP contribution is 2.25. The molecule has 0 aliphatic heterocycles. The van der Waals surface area contributed by atoms with E-state index in [4.69, 9.17) is 5.73 Å². The lowest BCUT2D eigenvalue weighted by Gasteiger charge is -2.20. The van der Waals surface area contributed by atoms with Gasteiger partial charge >= 0.3 is 0 Å². The number of benzene rings is 1. The quantitative estimate of drug-likeness (QED) is 0.697. The lowest BCUT2D eigenvalue weighted by atomic mass is 10.0. The van der Waals surface area contributed by atoms with Crippen LogP contribution in [0.15, 0.2) is 24.3 Å². The van der Waals surface area contributed by atoms with Gasteiger partial charge in [0.15, 0.2) is 0 Å². The van der Waals surface area contributed by atoms with Gasteiger partial charge in [0, 0.05) is 23.8 Å². The number of carbonyl (C=O) groups is 1. The van der Waals surface area contributed by atoms with Crippen molar-refractivity contribution in [3.05, 3.63) is 29.8 Å². The lowest BCUT2D eigenvalue weighted by Crippen LogP contribution is -2.41. The van der Waals surface area contributed by atoms with Crippen molar-refractivity contribution in [3.8, 4) is 0 Å². The Hall–Kier alpha value is -1.60. The third-order valence-corrected chi connectivity index (χ3v) is 4.43. The van der Waals surface area contributed by atoms with Crippen LogP contribution in [-0.4, -0.2) is 33.2 Å². The fraction of sp³-hybridized carbons (Fsp3) is 0.500. The Balaban J connectivity index is 1.91. The Morgan fingerprint density at radius 3 is 2.81 bits per heavy atom. The van der Waals surface area contributed by atoms with Crippen LogP contribution in [0.25, 0.3) is 0 Å². The van der Waals surface area contributed by atoms with Gasteiger partial charge in [-0.2, -0.15) is 0 Å². The third kappa shape index (κ3) is 4.71. The molecule has 1 aromatic rings. The predicted octanol–water partition coefficient (Wildman–Crippen LogP) is 0.717. The normalized spacial score (nSPS) is 22.1. The first-order valence-corrected chi connectivity index (χ1v) is 8.85. The number of carbonyl (C=O) groups excluding carboxylic acids is 1. The first kappa shape index (κ1) is 15.8. The van der Waals surface area contributed by atoms with Gasteiger partial charge in [0.1, 0.15) is 0 Å². The second kappa shape index (κ2) is 6.44. The monoisotopic (exact) mass is 311 g/mol. The maximum absolute atomic E-state index is 12.0. The lowest BCUT2D eigenvalue weighted by molar-refractivity contribution is 0.0946. The number of rotatable bonds is 5. The van der Waals surface area contributed by atoms with E-state index in [0.717, 1.165) is 25.5 Å². The molecule has 0 radical (unpaired) electrons. The summed E-state index contributed by atoms with van der Waals surface area (Å²) >= 11 is 0. The first-order chi connectivity index (χ1) is 9.85. The van der Waals surface area contributed by atoms with Gasteiger partial charge in [0.2, 0.25) is 10.0 Å². The molecule has 0 spiro atoms. The number of nitrogen functional groups attached to an aromatic ring is 1. The van der Waals surface area contributed by atoms with Crippen molar-refractivity contribution in [3.63, 3.8) is 0 Å². The zero-order valence-electron chi connectivity index (χ0n) is 12.0. The number of nitrogens with one attached hydrogen (secondary N) is 2. The Morgan fingerprint density at radius 1 is 1.38 bits per heavy atom. The minimum absolute atomic E-state index is 0.0962. The Bertz CT molecular complexity index is 616. The van der Waals surface area contributed by atoms with Crippen molar-refractivity contribution >= 4 is 21.6 Å². The number of nitrogens with two attached hydrogens (primary N) is 1. The zero-order chi connectivity index (χ0) is 15.5. The summed E-state index contributed by atoms with van der Waals surface area (Å²) in [6.07, 6.45) is 3.84. The van der Waals surface area contributed by atoms with Gasteiger partial charge < -0.3 is 11.1 Å². The topological polar surface area (TPSA) is 101 Å². The van der Waals surface area contributed by atoms with Crippen LogP contribution >= 0.6 is 0 Å². The van der Waals surface area contributed by atoms with Gasteiger partial charge in [-0.15, -0.1) is 0 Å². The highest BCUT2D eigenvalue weighted by molar-refractivity contribution is 7.88. The van der Waals surface area contributed by atoms with E-state index in [2.05, 4.69) is 10.0 Å². The van der Waals surface area contributed by atoms with E-state index < -0.39 is 10.0 Å². The molecule has 1 aromatic carbocycles. The van der Waals surface area contributed by atoms with Crippen molar-refractivity contribution in [2.24, 2.45) is 5.92 Å². The molecular formula is C14H21N3O3S. The van der Waals surface area contributed by atoms with Crippen LogP contribution in [0.5, 0.6) is 0 Å². The number of sulfonamides is 1. The van der Waals surface area contributed by atoms with Crippen LogP contribution in [0.2, 0.25) is 0 Å². The molecule has 6 nitrogen and oxygen atoms in total. The van der Waals surface area contributed by atoms with Crippen LogP contribution in [0.4, 0.5) is 5.69 Å². The van der Waals surface area contributed by atoms with Crippen LogP contribution in [0.1, 0.15) is 29.6 Å². The van der Waals surface area contributed by atoms with E-state index in [1.807, 2.05) is 0 Å². The minimum atomic E-state index is -3.22. The standard InChI is InChI=1S/C14H21N3O3S/c1-21(19,20)17-13-7-3-5-11(13)9-16-14(18)10-4-2-6-12(15)8-10/h2,4,6,8,11,13,17H,3,5,7,9,15H2,1H3,(H,16,18). The van der Waals surface area contributed by atoms with Crippen LogP contribution in [0.3, 0.4) is 0 Å². The van der Waals surface area contributed by atoms with Crippen LogP contribution in [-0.2, 0) is 10.0 Å². The second-order valence-electron chi connectivity index (χ2n) is 5.52. The van der Waals surface area contributed by atoms with E-state index in [-0.39, 0.29) is 17.9 Å². The average molecular weight is 311 g/mol. The van der Waals surface area contributed by atoms with Gasteiger partial charge in [0.05, 0.1) is 6.26 Å². The molecule has 1 saturated carbocycles. The fourth-order valence-electron chi connectivity index (χ4n) is 2.72. The molecule has 1 aliphatic rings. The summed E-state index contributed by atoms with van der Waals surface area (Å²) in [4.78, 5) is 12.0. The number of hydrogen-bond donors (Lipinski definition) is 3. The number of anilines is 1. The fourth-order valence-corrected chi connectivity index (χ4v) is 3.58. The number of amides is 1. The van der Waals surface area contributed by atoms with Crippen molar-refractivity contribution in [1.29, 1.82) is 0 Å². The minimum Gasteiger partial charge on any atom is -0.399 e. The van der Waals surface area contributed by atoms with Gasteiger partial charge in [0.25, 0.3) is 5.91 Å². The first-order valence-electron chi connectivity index (χ1n) is 6.96. The Labute approximate surface area is 125 Å². The van der Waals surface area contributed by atoms with E-state index in [1.54, 1.807) is 24.3 Å². The van der Waals surface area contributed by atoms with Crippen molar-refractivity contribution in [2.75, 3.05) is 18.5 Å². The molecule has 2 unspecified atom stereocenters. The molecule has 0 saturated heterocycles. The molecule has 1 fully saturated rings. The predicted molar refractivity (Wildman–Crippen MR) is 82.3 cm³/mol. The Kier molecular flexibility index (Phi) is 4.84. The maximum atomic E-state index is 12.0. The maximum Gasteiger partial charge on any atom is 0.251 e. The molecule has 2 rings (SSSR count). The van der Waals surface area contributed by atoms with Crippen molar-refractivity contribution in [1.82, 2.24) is 10.0 Å². The summed E-state index contributed by atoms with van der Waals surface area (Å²) in [6.45, 7) is 0.459. The van der Waals surface area contributed by atoms with Gasteiger partial charge in [-0.1, -0.05) is 12.5 Å². The van der Waals surface area contributed by atoms with E-state index in [9.17, 15) is 13.2 Å². The van der Waals surface area contributed by atoms with Crippen molar-refractivity contribution < 1.29 is 13.2 Å². The molecule has 1 aliphatic carbocycles. The molecule has 116 valence electrons. The third-order valence-electron chi connectivity index (χ3n) is 3.70. The number of hydrogen-bond acceptors (Lipinski definition) is 4. The van der Waals surface area contributed by atoms with Gasteiger partial charge in [-0.3, -0.25) is 4.79 Å². The van der Waals surface area contributed by atoms with Crippen LogP contribution in [0, 0.1) is 5.92 Å². The molecule has 0 aromatic heterocycles. The summed E-state index contributed by atoms with van der Waals surface area (Å²) in [6, 6.07) is 6.68. The summed E-state index contributed by atoms with van der Waals surface area (Å²) < 4.78 is 25.3. The summed E-state index contributed by atoms with van der Waals surface area (Å²) in [5.41, 5.74) is 6.71. The smallest absolute Gasteiger partial charge is 0.251 e. The SMILES string of the molecule is CS(=O)(=O)NC1CCCC1CNC(=O)c1cccc(N)c1. The summed E-state index contributed by atoms with van der Waals surface area (Å²) in [5.74, 6) is -0.0583. The highest BCUT2D eigenvalue weighted by Gasteiger charge is 2.29. The average Bonchev–Trinajstić information content (AvgIpc) is 2.81. The van der Waals surface area contributed by atoms with Crippen molar-refractivity contribution in [2.45, 2.75) is 25.3 Å². The molecule has 21 heavy (non-hydrogen) atoms. The molecule has 0 heterocycles. The largest absolute Gasteiger partial charge is 0.399 e. The zero-order valence-corrected chi connectivity index (χ0v) is 12.8. The highest BCUT2D eigenvalue weighted by atomic mass is 32.2. The molecule has 1 amide bonds. The molecule has 0 bridgehead atoms. The van der Waals surface area contributed by atoms with Gasteiger partial charge in [-0.05, 0) is 37.0 Å². The molecule has 2 atom stereocenters. The van der Waals surface area contributed by atoms with Gasteiger partial charge in [-0.25, -0.2) is 13.1 Å².